The van der Waals surface area contributed by atoms with Gasteiger partial charge in [-0.25, -0.2) is 24.3 Å². The lowest BCUT2D eigenvalue weighted by Crippen LogP contribution is -2.36. The quantitative estimate of drug-likeness (QED) is 0.109. The molecule has 7 heterocycles. The van der Waals surface area contributed by atoms with E-state index in [1.54, 1.807) is 49.8 Å². The number of aromatic hydroxyl groups is 3. The van der Waals surface area contributed by atoms with Crippen LogP contribution in [0.3, 0.4) is 0 Å². The second kappa shape index (κ2) is 20.5. The minimum absolute atomic E-state index is 0.0173. The van der Waals surface area contributed by atoms with Crippen LogP contribution in [-0.2, 0) is 27.3 Å². The molecule has 0 radical (unpaired) electrons. The van der Waals surface area contributed by atoms with Crippen LogP contribution in [0.1, 0.15) is 33.9 Å². The zero-order valence-corrected chi connectivity index (χ0v) is 32.1. The van der Waals surface area contributed by atoms with Gasteiger partial charge in [0.15, 0.2) is 28.8 Å². The third kappa shape index (κ3) is 10.6. The van der Waals surface area contributed by atoms with Crippen molar-refractivity contribution in [3.8, 4) is 17.2 Å². The van der Waals surface area contributed by atoms with Crippen LogP contribution in [-0.4, -0.2) is 90.5 Å². The Kier molecular flexibility index (Phi) is 15.0. The lowest BCUT2D eigenvalue weighted by molar-refractivity contribution is -0.191. The molecule has 15 nitrogen and oxygen atoms in total. The van der Waals surface area contributed by atoms with Crippen molar-refractivity contribution in [3.05, 3.63) is 119 Å². The number of carbonyl (C=O) groups is 1. The minimum Gasteiger partial charge on any atom is -0.504 e. The van der Waals surface area contributed by atoms with Crippen molar-refractivity contribution in [2.75, 3.05) is 38.3 Å². The van der Waals surface area contributed by atoms with Gasteiger partial charge in [-0.05, 0) is 74.5 Å². The summed E-state index contributed by atoms with van der Waals surface area (Å²) in [6.07, 6.45) is 7.44. The van der Waals surface area contributed by atoms with Crippen molar-refractivity contribution in [2.24, 2.45) is 0 Å². The molecule has 298 valence electrons. The van der Waals surface area contributed by atoms with Gasteiger partial charge >= 0.3 is 6.15 Å². The van der Waals surface area contributed by atoms with Gasteiger partial charge in [0.05, 0.1) is 24.6 Å². The van der Waals surface area contributed by atoms with Gasteiger partial charge in [0, 0.05) is 67.0 Å². The lowest BCUT2D eigenvalue weighted by Gasteiger charge is -2.28. The normalized spacial score (nSPS) is 12.0. The number of halogens is 2. The number of fused-ring (bicyclic) bond motifs is 3. The lowest BCUT2D eigenvalue weighted by atomic mass is 10.0. The fourth-order valence-electron chi connectivity index (χ4n) is 5.84. The molecule has 0 aliphatic carbocycles. The van der Waals surface area contributed by atoms with Gasteiger partial charge < -0.3 is 30.3 Å². The van der Waals surface area contributed by atoms with Gasteiger partial charge in [-0.15, -0.1) is 0 Å². The van der Waals surface area contributed by atoms with Crippen molar-refractivity contribution in [2.45, 2.75) is 26.3 Å². The Hall–Kier alpha value is -6.71. The summed E-state index contributed by atoms with van der Waals surface area (Å²) in [6.45, 7) is 5.08. The van der Waals surface area contributed by atoms with E-state index in [0.717, 1.165) is 29.7 Å². The monoisotopic (exact) mass is 808 g/mol. The molecule has 1 fully saturated rings. The van der Waals surface area contributed by atoms with Crippen LogP contribution in [0.25, 0.3) is 32.7 Å². The summed E-state index contributed by atoms with van der Waals surface area (Å²) in [6, 6.07) is 16.9. The number of Topliss-reactive ketones (excluding diaryl/α,β-unsaturated/α-hetero) is 1. The Morgan fingerprint density at radius 3 is 2.21 bits per heavy atom. The molecule has 0 bridgehead atoms. The number of pyridine rings is 6. The van der Waals surface area contributed by atoms with Crippen molar-refractivity contribution < 1.29 is 38.8 Å². The largest absolute Gasteiger partial charge is 0.504 e. The van der Waals surface area contributed by atoms with Gasteiger partial charge in [-0.3, -0.25) is 14.8 Å². The Morgan fingerprint density at radius 2 is 1.50 bits per heavy atom. The number of ether oxygens (including phenoxy) is 1. The zero-order chi connectivity index (χ0) is 41.6. The minimum atomic E-state index is -0.313. The maximum atomic E-state index is 12.9. The van der Waals surface area contributed by atoms with Gasteiger partial charge in [0.1, 0.15) is 33.2 Å². The topological polar surface area (TPSA) is 214 Å². The smallest absolute Gasteiger partial charge is 0.373 e. The summed E-state index contributed by atoms with van der Waals surface area (Å²) >= 11 is 5.87. The van der Waals surface area contributed by atoms with E-state index in [0.29, 0.717) is 70.2 Å². The van der Waals surface area contributed by atoms with Crippen molar-refractivity contribution >= 4 is 62.1 Å². The molecule has 0 saturated carbocycles. The van der Waals surface area contributed by atoms with E-state index in [1.807, 2.05) is 36.2 Å². The number of nitrogens with one attached hydrogen (secondary N) is 1. The fraction of sp³-hybridized carbons (Fsp3) is 0.220. The van der Waals surface area contributed by atoms with Crippen LogP contribution in [0, 0.1) is 12.7 Å². The second-order valence-corrected chi connectivity index (χ2v) is 12.9. The van der Waals surface area contributed by atoms with E-state index < -0.39 is 0 Å². The predicted octanol–water partition coefficient (Wildman–Crippen LogP) is 5.90. The standard InChI is InChI=1S/C19H18FN3O2.C12H13N3O2.C9H7ClN2O.CO2/c1-21-11-15-8-5-13-10-22-18(19(25)17(13)23-15)16(24)9-4-12-2-6-14(20)7-3-12;16-11-10-9(2-1-3-13-10)8-14-12(11)15-4-6-17-7-5-15;1-5-8(13)7-6(9(10)12-5)3-2-4-11-7;2-1-3/h2-3,5-8,10,21,25H,4,9,11H2,1H3;1-3,8,16H,4-7H2;2-4,13H,1H3;. The number of carbonyl (C=O) groups excluding carboxylic acids is 3. The van der Waals surface area contributed by atoms with Crippen LogP contribution in [0.15, 0.2) is 85.5 Å². The van der Waals surface area contributed by atoms with Crippen LogP contribution >= 0.6 is 11.6 Å². The first-order valence-electron chi connectivity index (χ1n) is 17.8. The number of aromatic nitrogens is 6. The summed E-state index contributed by atoms with van der Waals surface area (Å²) in [5, 5.41) is 35.8. The number of aryl methyl sites for hydroxylation is 2. The van der Waals surface area contributed by atoms with Gasteiger partial charge in [-0.2, -0.15) is 9.59 Å². The highest BCUT2D eigenvalue weighted by Crippen LogP contribution is 2.32. The average molecular weight is 809 g/mol. The molecular weight excluding hydrogens is 771 g/mol. The molecule has 17 heteroatoms. The Morgan fingerprint density at radius 1 is 0.845 bits per heavy atom. The van der Waals surface area contributed by atoms with Crippen LogP contribution < -0.4 is 10.2 Å². The molecule has 0 unspecified atom stereocenters. The first-order chi connectivity index (χ1) is 28.1. The number of anilines is 1. The molecule has 4 N–H and O–H groups in total. The third-order valence-electron chi connectivity index (χ3n) is 8.72. The highest BCUT2D eigenvalue weighted by atomic mass is 35.5. The molecule has 6 aromatic heterocycles. The number of hydrogen-bond donors (Lipinski definition) is 4. The van der Waals surface area contributed by atoms with Crippen molar-refractivity contribution in [1.29, 1.82) is 0 Å². The molecule has 1 aromatic carbocycles. The van der Waals surface area contributed by atoms with Gasteiger partial charge in [-0.1, -0.05) is 23.7 Å². The number of rotatable bonds is 7. The Balaban J connectivity index is 0.000000168. The maximum absolute atomic E-state index is 12.9. The summed E-state index contributed by atoms with van der Waals surface area (Å²) in [5.74, 6) is 0.0703. The number of ketones is 1. The molecule has 7 aromatic rings. The molecule has 1 saturated heterocycles. The van der Waals surface area contributed by atoms with Crippen LogP contribution in [0.5, 0.6) is 17.2 Å². The molecule has 0 spiro atoms. The summed E-state index contributed by atoms with van der Waals surface area (Å²) < 4.78 is 18.2. The molecule has 0 atom stereocenters. The average Bonchev–Trinajstić information content (AvgIpc) is 3.24. The van der Waals surface area contributed by atoms with Crippen molar-refractivity contribution in [3.63, 3.8) is 0 Å². The highest BCUT2D eigenvalue weighted by molar-refractivity contribution is 6.34. The van der Waals surface area contributed by atoms with E-state index >= 15 is 0 Å². The number of morpholine rings is 1. The van der Waals surface area contributed by atoms with E-state index in [2.05, 4.69) is 35.2 Å². The van der Waals surface area contributed by atoms with Gasteiger partial charge in [0.25, 0.3) is 0 Å². The molecule has 1 aliphatic heterocycles. The van der Waals surface area contributed by atoms with E-state index in [9.17, 15) is 24.5 Å². The van der Waals surface area contributed by atoms with Crippen LogP contribution in [0.4, 0.5) is 10.2 Å². The fourth-order valence-corrected chi connectivity index (χ4v) is 6.12. The highest BCUT2D eigenvalue weighted by Gasteiger charge is 2.19. The zero-order valence-electron chi connectivity index (χ0n) is 31.4. The molecular formula is C41H38ClFN8O7. The second-order valence-electron chi connectivity index (χ2n) is 12.6. The molecule has 58 heavy (non-hydrogen) atoms. The summed E-state index contributed by atoms with van der Waals surface area (Å²) in [5.41, 5.74) is 3.60. The third-order valence-corrected chi connectivity index (χ3v) is 9.00. The van der Waals surface area contributed by atoms with E-state index in [-0.39, 0.29) is 47.1 Å². The van der Waals surface area contributed by atoms with Crippen molar-refractivity contribution in [1.82, 2.24) is 35.2 Å². The molecule has 0 amide bonds. The summed E-state index contributed by atoms with van der Waals surface area (Å²) in [7, 11) is 1.81. The maximum Gasteiger partial charge on any atom is 0.373 e. The SMILES string of the molecule is CNCc1ccc2cnc(C(=O)CCc3ccc(F)cc3)c(O)c2n1.Cc1nc(Cl)c2cccnc2c1O.O=C=O.Oc1c(N2CCOCC2)ncc2cccnc12. The predicted molar refractivity (Wildman–Crippen MR) is 213 cm³/mol. The van der Waals surface area contributed by atoms with Crippen LogP contribution in [0.2, 0.25) is 5.15 Å². The van der Waals surface area contributed by atoms with E-state index in [4.69, 9.17) is 25.9 Å². The summed E-state index contributed by atoms with van der Waals surface area (Å²) in [4.78, 5) is 55.7. The van der Waals surface area contributed by atoms with Gasteiger partial charge in [0.2, 0.25) is 0 Å². The number of nitrogens with zero attached hydrogens (tertiary/aromatic N) is 7. The number of hydrogen-bond acceptors (Lipinski definition) is 15. The first-order valence-corrected chi connectivity index (χ1v) is 18.2. The first kappa shape index (κ1) is 42.4. The molecule has 1 aliphatic rings. The van der Waals surface area contributed by atoms with E-state index in [1.165, 1.54) is 18.3 Å². The molecule has 8 rings (SSSR count). The number of benzene rings is 1. The Bertz CT molecular complexity index is 2550. The Labute approximate surface area is 336 Å².